The van der Waals surface area contributed by atoms with E-state index in [0.29, 0.717) is 13.1 Å². The Morgan fingerprint density at radius 1 is 1.44 bits per heavy atom. The number of hydrogen-bond donors (Lipinski definition) is 1. The highest BCUT2D eigenvalue weighted by Crippen LogP contribution is 2.21. The van der Waals surface area contributed by atoms with Gasteiger partial charge in [-0.3, -0.25) is 4.79 Å². The summed E-state index contributed by atoms with van der Waals surface area (Å²) in [4.78, 5) is 13.5. The number of alkyl halides is 2. The highest BCUT2D eigenvalue weighted by molar-refractivity contribution is 5.96. The average molecular weight is 258 g/mol. The van der Waals surface area contributed by atoms with E-state index in [1.54, 1.807) is 26.2 Å². The Hall–Kier alpha value is -1.69. The van der Waals surface area contributed by atoms with E-state index in [9.17, 15) is 13.6 Å². The molecule has 0 aliphatic rings. The Morgan fingerprint density at radius 2 is 2.11 bits per heavy atom. The number of halogens is 2. The molecule has 0 saturated carbocycles. The summed E-state index contributed by atoms with van der Waals surface area (Å²) in [5, 5.41) is 2.91. The van der Waals surface area contributed by atoms with Gasteiger partial charge < -0.3 is 15.0 Å². The Kier molecular flexibility index (Phi) is 5.51. The lowest BCUT2D eigenvalue weighted by atomic mass is 10.2. The van der Waals surface area contributed by atoms with Crippen molar-refractivity contribution >= 4 is 5.91 Å². The van der Waals surface area contributed by atoms with Gasteiger partial charge in [0, 0.05) is 20.1 Å². The molecule has 4 nitrogen and oxygen atoms in total. The van der Waals surface area contributed by atoms with Gasteiger partial charge in [-0.1, -0.05) is 12.1 Å². The zero-order valence-electron chi connectivity index (χ0n) is 10.3. The Morgan fingerprint density at radius 3 is 2.72 bits per heavy atom. The van der Waals surface area contributed by atoms with E-state index < -0.39 is 6.61 Å². The predicted octanol–water partition coefficient (Wildman–Crippen LogP) is 1.58. The van der Waals surface area contributed by atoms with Crippen molar-refractivity contribution in [1.82, 2.24) is 10.2 Å². The molecule has 0 bridgehead atoms. The minimum atomic E-state index is -2.94. The first-order valence-corrected chi connectivity index (χ1v) is 5.50. The van der Waals surface area contributed by atoms with Gasteiger partial charge in [0.2, 0.25) is 0 Å². The lowest BCUT2D eigenvalue weighted by Gasteiger charge is -2.18. The number of nitrogens with one attached hydrogen (secondary N) is 1. The summed E-state index contributed by atoms with van der Waals surface area (Å²) >= 11 is 0. The van der Waals surface area contributed by atoms with Crippen molar-refractivity contribution in [3.63, 3.8) is 0 Å². The molecule has 1 aromatic rings. The lowest BCUT2D eigenvalue weighted by molar-refractivity contribution is -0.0502. The van der Waals surface area contributed by atoms with Crippen LogP contribution in [-0.2, 0) is 0 Å². The van der Waals surface area contributed by atoms with Crippen LogP contribution in [-0.4, -0.2) is 44.6 Å². The fourth-order valence-electron chi connectivity index (χ4n) is 1.43. The summed E-state index contributed by atoms with van der Waals surface area (Å²) in [6, 6.07) is 5.97. The van der Waals surface area contributed by atoms with Crippen molar-refractivity contribution in [2.75, 3.05) is 27.2 Å². The van der Waals surface area contributed by atoms with Crippen molar-refractivity contribution < 1.29 is 18.3 Å². The van der Waals surface area contributed by atoms with Gasteiger partial charge in [-0.05, 0) is 19.2 Å². The second kappa shape index (κ2) is 6.90. The zero-order chi connectivity index (χ0) is 13.5. The molecular weight excluding hydrogens is 242 g/mol. The maximum atomic E-state index is 12.2. The van der Waals surface area contributed by atoms with E-state index in [2.05, 4.69) is 10.1 Å². The first-order valence-electron chi connectivity index (χ1n) is 5.50. The summed E-state index contributed by atoms with van der Waals surface area (Å²) in [5.74, 6) is -0.449. The molecule has 6 heteroatoms. The van der Waals surface area contributed by atoms with Crippen LogP contribution in [0.15, 0.2) is 24.3 Å². The second-order valence-electron chi connectivity index (χ2n) is 3.70. The number of benzene rings is 1. The largest absolute Gasteiger partial charge is 0.434 e. The number of amides is 1. The summed E-state index contributed by atoms with van der Waals surface area (Å²) < 4.78 is 28.7. The van der Waals surface area contributed by atoms with Crippen LogP contribution in [0.25, 0.3) is 0 Å². The molecule has 100 valence electrons. The molecule has 0 aromatic heterocycles. The second-order valence-corrected chi connectivity index (χ2v) is 3.70. The number of nitrogens with zero attached hydrogens (tertiary/aromatic N) is 1. The van der Waals surface area contributed by atoms with Gasteiger partial charge in [0.05, 0.1) is 5.56 Å². The molecule has 0 saturated heterocycles. The number of rotatable bonds is 6. The normalized spacial score (nSPS) is 10.5. The summed E-state index contributed by atoms with van der Waals surface area (Å²) in [6.07, 6.45) is 0. The predicted molar refractivity (Wildman–Crippen MR) is 64.0 cm³/mol. The van der Waals surface area contributed by atoms with Gasteiger partial charge in [-0.2, -0.15) is 8.78 Å². The van der Waals surface area contributed by atoms with E-state index in [0.717, 1.165) is 0 Å². The fourth-order valence-corrected chi connectivity index (χ4v) is 1.43. The molecule has 1 N–H and O–H groups in total. The molecule has 1 aromatic carbocycles. The van der Waals surface area contributed by atoms with Crippen LogP contribution in [0.4, 0.5) is 8.78 Å². The topological polar surface area (TPSA) is 41.6 Å². The van der Waals surface area contributed by atoms with E-state index in [1.165, 1.54) is 17.0 Å². The van der Waals surface area contributed by atoms with Gasteiger partial charge in [0.15, 0.2) is 0 Å². The Bertz CT molecular complexity index is 399. The van der Waals surface area contributed by atoms with Crippen LogP contribution in [0.5, 0.6) is 5.75 Å². The molecule has 0 unspecified atom stereocenters. The van der Waals surface area contributed by atoms with Crippen LogP contribution in [0.2, 0.25) is 0 Å². The first kappa shape index (κ1) is 14.4. The zero-order valence-corrected chi connectivity index (χ0v) is 10.3. The first-order chi connectivity index (χ1) is 8.56. The van der Waals surface area contributed by atoms with Crippen LogP contribution in [0, 0.1) is 0 Å². The third-order valence-corrected chi connectivity index (χ3v) is 2.38. The highest BCUT2D eigenvalue weighted by atomic mass is 19.3. The van der Waals surface area contributed by atoms with Gasteiger partial charge in [-0.15, -0.1) is 0 Å². The van der Waals surface area contributed by atoms with Gasteiger partial charge >= 0.3 is 6.61 Å². The van der Waals surface area contributed by atoms with E-state index in [-0.39, 0.29) is 17.2 Å². The van der Waals surface area contributed by atoms with Gasteiger partial charge in [0.1, 0.15) is 5.75 Å². The number of carbonyl (C=O) groups is 1. The third-order valence-electron chi connectivity index (χ3n) is 2.38. The summed E-state index contributed by atoms with van der Waals surface area (Å²) in [5.41, 5.74) is 0.136. The van der Waals surface area contributed by atoms with E-state index in [4.69, 9.17) is 0 Å². The molecule has 0 heterocycles. The van der Waals surface area contributed by atoms with Gasteiger partial charge in [0.25, 0.3) is 5.91 Å². The third kappa shape index (κ3) is 3.96. The van der Waals surface area contributed by atoms with Crippen LogP contribution in [0.1, 0.15) is 10.4 Å². The van der Waals surface area contributed by atoms with Crippen LogP contribution < -0.4 is 10.1 Å². The molecule has 1 rings (SSSR count). The molecule has 0 aliphatic heterocycles. The van der Waals surface area contributed by atoms with Crippen molar-refractivity contribution in [2.24, 2.45) is 0 Å². The highest BCUT2D eigenvalue weighted by Gasteiger charge is 2.18. The molecule has 0 fully saturated rings. The molecule has 0 radical (unpaired) electrons. The van der Waals surface area contributed by atoms with Crippen molar-refractivity contribution in [3.8, 4) is 5.75 Å². The van der Waals surface area contributed by atoms with Crippen molar-refractivity contribution in [1.29, 1.82) is 0 Å². The monoisotopic (exact) mass is 258 g/mol. The van der Waals surface area contributed by atoms with Crippen molar-refractivity contribution in [2.45, 2.75) is 6.61 Å². The van der Waals surface area contributed by atoms with Crippen LogP contribution in [0.3, 0.4) is 0 Å². The van der Waals surface area contributed by atoms with Crippen LogP contribution >= 0.6 is 0 Å². The van der Waals surface area contributed by atoms with E-state index in [1.807, 2.05) is 0 Å². The maximum absolute atomic E-state index is 12.2. The van der Waals surface area contributed by atoms with Crippen molar-refractivity contribution in [3.05, 3.63) is 29.8 Å². The minimum Gasteiger partial charge on any atom is -0.434 e. The number of hydrogen-bond acceptors (Lipinski definition) is 3. The summed E-state index contributed by atoms with van der Waals surface area (Å²) in [7, 11) is 3.38. The standard InChI is InChI=1S/C12H16F2N2O2/c1-15-7-8-16(2)11(17)9-5-3-4-6-10(9)18-12(13)14/h3-6,12,15H,7-8H2,1-2H3. The van der Waals surface area contributed by atoms with Gasteiger partial charge in [-0.25, -0.2) is 0 Å². The lowest BCUT2D eigenvalue weighted by Crippen LogP contribution is -2.33. The number of ether oxygens (including phenoxy) is 1. The fraction of sp³-hybridized carbons (Fsp3) is 0.417. The molecule has 18 heavy (non-hydrogen) atoms. The molecule has 1 amide bonds. The smallest absolute Gasteiger partial charge is 0.387 e. The summed E-state index contributed by atoms with van der Waals surface area (Å²) in [6.45, 7) is -1.83. The Labute approximate surface area is 105 Å². The number of carbonyl (C=O) groups excluding carboxylic acids is 1. The number of likely N-dealkylation sites (N-methyl/N-ethyl adjacent to an activating group) is 2. The average Bonchev–Trinajstić information content (AvgIpc) is 2.35. The molecule has 0 spiro atoms. The maximum Gasteiger partial charge on any atom is 0.387 e. The quantitative estimate of drug-likeness (QED) is 0.842. The Balaban J connectivity index is 2.84. The SMILES string of the molecule is CNCCN(C)C(=O)c1ccccc1OC(F)F. The van der Waals surface area contributed by atoms with E-state index >= 15 is 0 Å². The minimum absolute atomic E-state index is 0.103. The molecule has 0 aliphatic carbocycles. The molecular formula is C12H16F2N2O2. The molecule has 0 atom stereocenters. The number of para-hydroxylation sites is 1.